The Morgan fingerprint density at radius 3 is 2.45 bits per heavy atom. The van der Waals surface area contributed by atoms with Gasteiger partial charge in [0.1, 0.15) is 17.6 Å². The van der Waals surface area contributed by atoms with Crippen LogP contribution in [-0.4, -0.2) is 22.4 Å². The van der Waals surface area contributed by atoms with E-state index in [1.807, 2.05) is 31.7 Å². The summed E-state index contributed by atoms with van der Waals surface area (Å²) in [5.74, 6) is 3.28. The van der Waals surface area contributed by atoms with Crippen molar-refractivity contribution in [3.63, 3.8) is 0 Å². The molecule has 0 aromatic carbocycles. The van der Waals surface area contributed by atoms with Gasteiger partial charge in [-0.15, -0.1) is 0 Å². The Kier molecular flexibility index (Phi) is 2.98. The largest absolute Gasteiger partial charge is 0.464 e. The fraction of sp³-hybridized carbons (Fsp3) is 0.688. The molecule has 4 nitrogen and oxygen atoms in total. The number of nitrogens with two attached hydrogens (primary N) is 1. The summed E-state index contributed by atoms with van der Waals surface area (Å²) in [5, 5.41) is 0. The summed E-state index contributed by atoms with van der Waals surface area (Å²) >= 11 is 0. The van der Waals surface area contributed by atoms with Crippen LogP contribution in [-0.2, 0) is 4.79 Å². The lowest BCUT2D eigenvalue weighted by Crippen LogP contribution is -2.45. The molecule has 110 valence electrons. The third-order valence-electron chi connectivity index (χ3n) is 4.50. The minimum absolute atomic E-state index is 0.118. The maximum absolute atomic E-state index is 12.2. The molecule has 2 aliphatic rings. The van der Waals surface area contributed by atoms with Gasteiger partial charge in [-0.1, -0.05) is 6.92 Å². The van der Waals surface area contributed by atoms with Crippen molar-refractivity contribution in [3.8, 4) is 0 Å². The molecular weight excluding hydrogens is 252 g/mol. The Bertz CT molecular complexity index is 529. The zero-order chi connectivity index (χ0) is 14.7. The Morgan fingerprint density at radius 2 is 1.90 bits per heavy atom. The van der Waals surface area contributed by atoms with Crippen LogP contribution in [0.5, 0.6) is 0 Å². The maximum Gasteiger partial charge on any atom is 0.225 e. The molecule has 1 aromatic heterocycles. The second kappa shape index (κ2) is 4.35. The number of hydrogen-bond acceptors (Lipinski definition) is 3. The first kappa shape index (κ1) is 13.7. The van der Waals surface area contributed by atoms with Crippen LogP contribution >= 0.6 is 0 Å². The number of nitrogens with zero attached hydrogens (tertiary/aromatic N) is 1. The molecule has 20 heavy (non-hydrogen) atoms. The van der Waals surface area contributed by atoms with Gasteiger partial charge in [0, 0.05) is 23.9 Å². The monoisotopic (exact) mass is 276 g/mol. The number of hydrogen-bond donors (Lipinski definition) is 1. The van der Waals surface area contributed by atoms with Gasteiger partial charge in [-0.3, -0.25) is 4.79 Å². The number of carbonyl (C=O) groups is 1. The highest BCUT2D eigenvalue weighted by Gasteiger charge is 2.46. The van der Waals surface area contributed by atoms with Crippen molar-refractivity contribution in [3.05, 3.63) is 23.7 Å². The van der Waals surface area contributed by atoms with Crippen LogP contribution in [0.4, 0.5) is 0 Å². The van der Waals surface area contributed by atoms with E-state index in [9.17, 15) is 4.79 Å². The van der Waals surface area contributed by atoms with Crippen molar-refractivity contribution < 1.29 is 9.21 Å². The summed E-state index contributed by atoms with van der Waals surface area (Å²) in [7, 11) is 0. The molecule has 2 heterocycles. The van der Waals surface area contributed by atoms with Gasteiger partial charge >= 0.3 is 0 Å². The van der Waals surface area contributed by atoms with Gasteiger partial charge in [0.15, 0.2) is 0 Å². The molecule has 2 N–H and O–H groups in total. The van der Waals surface area contributed by atoms with Crippen LogP contribution in [0, 0.1) is 5.92 Å². The Morgan fingerprint density at radius 1 is 1.30 bits per heavy atom. The number of rotatable bonds is 2. The third kappa shape index (κ3) is 2.16. The Hall–Kier alpha value is -1.29. The second-order valence-electron chi connectivity index (χ2n) is 7.31. The van der Waals surface area contributed by atoms with E-state index in [4.69, 9.17) is 10.2 Å². The molecule has 2 fully saturated rings. The van der Waals surface area contributed by atoms with Crippen molar-refractivity contribution in [2.75, 3.05) is 0 Å². The van der Waals surface area contributed by atoms with Gasteiger partial charge in [0.25, 0.3) is 0 Å². The fourth-order valence-electron chi connectivity index (χ4n) is 3.33. The predicted molar refractivity (Wildman–Crippen MR) is 77.2 cm³/mol. The SMILES string of the molecule is CC1CC1c1ccc(C2C(N)CC(=O)N2C(C)(C)C)o1. The van der Waals surface area contributed by atoms with Crippen molar-refractivity contribution >= 4 is 5.91 Å². The van der Waals surface area contributed by atoms with Crippen molar-refractivity contribution in [2.24, 2.45) is 11.7 Å². The van der Waals surface area contributed by atoms with Gasteiger partial charge in [0.2, 0.25) is 5.91 Å². The van der Waals surface area contributed by atoms with Crippen LogP contribution in [0.25, 0.3) is 0 Å². The first-order chi connectivity index (χ1) is 9.29. The van der Waals surface area contributed by atoms with Gasteiger partial charge in [-0.2, -0.15) is 0 Å². The van der Waals surface area contributed by atoms with Crippen molar-refractivity contribution in [1.82, 2.24) is 4.90 Å². The number of likely N-dealkylation sites (tertiary alicyclic amines) is 1. The van der Waals surface area contributed by atoms with Gasteiger partial charge in [-0.05, 0) is 45.2 Å². The Balaban J connectivity index is 1.90. The topological polar surface area (TPSA) is 59.5 Å². The van der Waals surface area contributed by atoms with Crippen molar-refractivity contribution in [2.45, 2.75) is 64.1 Å². The van der Waals surface area contributed by atoms with E-state index in [1.54, 1.807) is 0 Å². The second-order valence-corrected chi connectivity index (χ2v) is 7.31. The average molecular weight is 276 g/mol. The highest BCUT2D eigenvalue weighted by Crippen LogP contribution is 2.48. The van der Waals surface area contributed by atoms with Gasteiger partial charge in [0.05, 0.1) is 0 Å². The standard InChI is InChI=1S/C16H24N2O2/c1-9-7-10(9)12-5-6-13(20-12)15-11(17)8-14(19)18(15)16(2,3)4/h5-6,9-11,15H,7-8,17H2,1-4H3. The first-order valence-electron chi connectivity index (χ1n) is 7.46. The molecule has 0 radical (unpaired) electrons. The van der Waals surface area contributed by atoms with E-state index in [2.05, 4.69) is 13.0 Å². The Labute approximate surface area is 120 Å². The lowest BCUT2D eigenvalue weighted by atomic mass is 10.0. The van der Waals surface area contributed by atoms with E-state index in [1.165, 1.54) is 6.42 Å². The summed E-state index contributed by atoms with van der Waals surface area (Å²) in [5.41, 5.74) is 5.95. The number of furan rings is 1. The summed E-state index contributed by atoms with van der Waals surface area (Å²) in [6, 6.07) is 3.74. The quantitative estimate of drug-likeness (QED) is 0.903. The minimum Gasteiger partial charge on any atom is -0.464 e. The molecule has 4 atom stereocenters. The lowest BCUT2D eigenvalue weighted by Gasteiger charge is -2.37. The fourth-order valence-corrected chi connectivity index (χ4v) is 3.33. The number of amides is 1. The van der Waals surface area contributed by atoms with E-state index in [-0.39, 0.29) is 23.5 Å². The molecule has 1 saturated heterocycles. The minimum atomic E-state index is -0.240. The molecule has 4 unspecified atom stereocenters. The molecule has 0 bridgehead atoms. The molecule has 0 spiro atoms. The van der Waals surface area contributed by atoms with Crippen LogP contribution in [0.2, 0.25) is 0 Å². The van der Waals surface area contributed by atoms with Crippen LogP contribution in [0.15, 0.2) is 16.5 Å². The van der Waals surface area contributed by atoms with Crippen LogP contribution < -0.4 is 5.73 Å². The zero-order valence-corrected chi connectivity index (χ0v) is 12.7. The highest BCUT2D eigenvalue weighted by molar-refractivity contribution is 5.81. The summed E-state index contributed by atoms with van der Waals surface area (Å²) in [4.78, 5) is 14.1. The van der Waals surface area contributed by atoms with Gasteiger partial charge in [-0.25, -0.2) is 0 Å². The summed E-state index contributed by atoms with van der Waals surface area (Å²) in [6.45, 7) is 8.37. The molecule has 1 saturated carbocycles. The lowest BCUT2D eigenvalue weighted by molar-refractivity contribution is -0.134. The normalized spacial score (nSPS) is 33.9. The summed E-state index contributed by atoms with van der Waals surface area (Å²) < 4.78 is 6.03. The smallest absolute Gasteiger partial charge is 0.225 e. The first-order valence-corrected chi connectivity index (χ1v) is 7.46. The third-order valence-corrected chi connectivity index (χ3v) is 4.50. The molecule has 4 heteroatoms. The molecule has 1 aliphatic heterocycles. The zero-order valence-electron chi connectivity index (χ0n) is 12.7. The summed E-state index contributed by atoms with van der Waals surface area (Å²) in [6.07, 6.45) is 1.60. The molecule has 3 rings (SSSR count). The molecule has 1 amide bonds. The van der Waals surface area contributed by atoms with E-state index >= 15 is 0 Å². The molecule has 1 aromatic rings. The van der Waals surface area contributed by atoms with Crippen LogP contribution in [0.1, 0.15) is 64.0 Å². The highest BCUT2D eigenvalue weighted by atomic mass is 16.3. The predicted octanol–water partition coefficient (Wildman–Crippen LogP) is 2.80. The average Bonchev–Trinajstić information content (AvgIpc) is 2.75. The van der Waals surface area contributed by atoms with E-state index in [0.29, 0.717) is 18.3 Å². The van der Waals surface area contributed by atoms with Gasteiger partial charge < -0.3 is 15.1 Å². The molecular formula is C16H24N2O2. The van der Waals surface area contributed by atoms with E-state index < -0.39 is 0 Å². The van der Waals surface area contributed by atoms with Crippen LogP contribution in [0.3, 0.4) is 0 Å². The van der Waals surface area contributed by atoms with E-state index in [0.717, 1.165) is 11.5 Å². The molecule has 1 aliphatic carbocycles. The van der Waals surface area contributed by atoms with Crippen molar-refractivity contribution in [1.29, 1.82) is 0 Å². The maximum atomic E-state index is 12.2. The number of carbonyl (C=O) groups excluding carboxylic acids is 1.